The van der Waals surface area contributed by atoms with Crippen molar-refractivity contribution in [2.24, 2.45) is 28.6 Å². The van der Waals surface area contributed by atoms with Gasteiger partial charge in [-0.25, -0.2) is 0 Å². The smallest absolute Gasteiger partial charge is 0.303 e. The van der Waals surface area contributed by atoms with Crippen LogP contribution in [-0.2, 0) is 19.1 Å². The van der Waals surface area contributed by atoms with Gasteiger partial charge < -0.3 is 4.74 Å². The summed E-state index contributed by atoms with van der Waals surface area (Å²) in [6, 6.07) is 0. The molecule has 4 rings (SSSR count). The van der Waals surface area contributed by atoms with E-state index in [1.165, 1.54) is 12.5 Å². The molecule has 0 aromatic rings. The summed E-state index contributed by atoms with van der Waals surface area (Å²) >= 11 is 0. The Morgan fingerprint density at radius 1 is 1.07 bits per heavy atom. The molecule has 27 heavy (non-hydrogen) atoms. The van der Waals surface area contributed by atoms with Gasteiger partial charge in [0.1, 0.15) is 5.78 Å². The second-order valence-corrected chi connectivity index (χ2v) is 9.95. The van der Waals surface area contributed by atoms with E-state index in [0.717, 1.165) is 32.1 Å². The molecule has 0 aliphatic heterocycles. The molecular weight excluding hydrogens is 340 g/mol. The van der Waals surface area contributed by atoms with E-state index in [4.69, 9.17) is 4.74 Å². The van der Waals surface area contributed by atoms with Gasteiger partial charge in [-0.15, -0.1) is 0 Å². The number of allylic oxidation sites excluding steroid dienone is 2. The van der Waals surface area contributed by atoms with Crippen molar-refractivity contribution in [2.45, 2.75) is 84.7 Å². The Kier molecular flexibility index (Phi) is 4.21. The predicted molar refractivity (Wildman–Crippen MR) is 102 cm³/mol. The molecule has 4 aliphatic rings. The fraction of sp³-hybridized carbons (Fsp3) is 0.783. The summed E-state index contributed by atoms with van der Waals surface area (Å²) in [5, 5.41) is 0. The third kappa shape index (κ3) is 2.44. The molecule has 4 heteroatoms. The molecule has 0 unspecified atom stereocenters. The number of ether oxygens (including phenoxy) is 1. The van der Waals surface area contributed by atoms with Gasteiger partial charge in [0.05, 0.1) is 0 Å². The van der Waals surface area contributed by atoms with Crippen molar-refractivity contribution in [1.29, 1.82) is 0 Å². The minimum absolute atomic E-state index is 0.00247. The number of carbonyl (C=O) groups excluding carboxylic acids is 3. The predicted octanol–water partition coefficient (Wildman–Crippen LogP) is 4.41. The van der Waals surface area contributed by atoms with Crippen LogP contribution >= 0.6 is 0 Å². The number of fused-ring (bicyclic) bond motifs is 5. The maximum Gasteiger partial charge on any atom is 0.303 e. The van der Waals surface area contributed by atoms with Gasteiger partial charge in [0.15, 0.2) is 11.4 Å². The van der Waals surface area contributed by atoms with Crippen molar-refractivity contribution in [3.05, 3.63) is 11.6 Å². The Labute approximate surface area is 162 Å². The summed E-state index contributed by atoms with van der Waals surface area (Å²) in [6.07, 6.45) is 9.19. The molecule has 0 bridgehead atoms. The lowest BCUT2D eigenvalue weighted by molar-refractivity contribution is -0.186. The van der Waals surface area contributed by atoms with Crippen LogP contribution in [0.3, 0.4) is 0 Å². The second-order valence-electron chi connectivity index (χ2n) is 9.95. The number of Topliss-reactive ketones (excluding diaryl/α,β-unsaturated/α-hetero) is 2. The van der Waals surface area contributed by atoms with E-state index in [1.54, 1.807) is 6.92 Å². The zero-order chi connectivity index (χ0) is 19.6. The van der Waals surface area contributed by atoms with Gasteiger partial charge in [-0.1, -0.05) is 25.5 Å². The number of rotatable bonds is 2. The second kappa shape index (κ2) is 6.02. The summed E-state index contributed by atoms with van der Waals surface area (Å²) in [6.45, 7) is 7.57. The summed E-state index contributed by atoms with van der Waals surface area (Å²) in [5.41, 5.74) is 0.250. The van der Waals surface area contributed by atoms with Crippen molar-refractivity contribution in [1.82, 2.24) is 0 Å². The van der Waals surface area contributed by atoms with Crippen LogP contribution < -0.4 is 0 Å². The van der Waals surface area contributed by atoms with E-state index in [9.17, 15) is 14.4 Å². The first-order chi connectivity index (χ1) is 12.6. The maximum atomic E-state index is 12.7. The lowest BCUT2D eigenvalue weighted by Gasteiger charge is -2.58. The maximum absolute atomic E-state index is 12.7. The summed E-state index contributed by atoms with van der Waals surface area (Å²) in [7, 11) is 0. The Morgan fingerprint density at radius 3 is 2.44 bits per heavy atom. The first kappa shape index (κ1) is 18.9. The SMILES string of the molecule is CC(=O)O[C@]1(C(C)=O)CC[C@H]2[C@@H]3CC=C4CC(=O)CC[C@]4(C)[C@H]3CC[C@@]21C. The lowest BCUT2D eigenvalue weighted by atomic mass is 9.47. The standard InChI is InChI=1S/C23H32O4/c1-14(24)23(27-15(2)25)12-9-20-18-6-5-16-13-17(26)7-10-21(16,3)19(18)8-11-22(20,23)4/h5,18-20H,6-13H2,1-4H3/t18-,19+,20+,21+,22+,23+/m1/s1. The molecule has 0 N–H and O–H groups in total. The normalized spacial score (nSPS) is 46.0. The van der Waals surface area contributed by atoms with Crippen LogP contribution in [0.15, 0.2) is 11.6 Å². The van der Waals surface area contributed by atoms with Crippen LogP contribution in [0, 0.1) is 28.6 Å². The van der Waals surface area contributed by atoms with Crippen molar-refractivity contribution >= 4 is 17.5 Å². The molecule has 0 aromatic carbocycles. The Morgan fingerprint density at radius 2 is 1.78 bits per heavy atom. The van der Waals surface area contributed by atoms with E-state index in [0.29, 0.717) is 42.8 Å². The van der Waals surface area contributed by atoms with Gasteiger partial charge in [-0.05, 0) is 68.6 Å². The molecule has 0 saturated heterocycles. The van der Waals surface area contributed by atoms with Crippen LogP contribution in [0.25, 0.3) is 0 Å². The van der Waals surface area contributed by atoms with Crippen molar-refractivity contribution in [3.8, 4) is 0 Å². The van der Waals surface area contributed by atoms with Gasteiger partial charge in [-0.3, -0.25) is 14.4 Å². The highest BCUT2D eigenvalue weighted by Crippen LogP contribution is 2.67. The molecule has 0 radical (unpaired) electrons. The van der Waals surface area contributed by atoms with E-state index < -0.39 is 5.60 Å². The molecule has 3 saturated carbocycles. The quantitative estimate of drug-likeness (QED) is 0.532. The number of hydrogen-bond acceptors (Lipinski definition) is 4. The van der Waals surface area contributed by atoms with E-state index in [1.807, 2.05) is 0 Å². The summed E-state index contributed by atoms with van der Waals surface area (Å²) in [4.78, 5) is 36.6. The highest BCUT2D eigenvalue weighted by molar-refractivity contribution is 5.89. The summed E-state index contributed by atoms with van der Waals surface area (Å²) < 4.78 is 5.81. The van der Waals surface area contributed by atoms with Crippen LogP contribution in [0.2, 0.25) is 0 Å². The van der Waals surface area contributed by atoms with Crippen molar-refractivity contribution < 1.29 is 19.1 Å². The molecule has 3 fully saturated rings. The zero-order valence-corrected chi connectivity index (χ0v) is 17.1. The van der Waals surface area contributed by atoms with Gasteiger partial charge in [-0.2, -0.15) is 0 Å². The average Bonchev–Trinajstić information content (AvgIpc) is 2.89. The zero-order valence-electron chi connectivity index (χ0n) is 17.1. The van der Waals surface area contributed by atoms with Gasteiger partial charge in [0.25, 0.3) is 0 Å². The van der Waals surface area contributed by atoms with Crippen LogP contribution in [0.5, 0.6) is 0 Å². The Balaban J connectivity index is 1.71. The largest absolute Gasteiger partial charge is 0.451 e. The van der Waals surface area contributed by atoms with Crippen LogP contribution in [0.1, 0.15) is 79.1 Å². The first-order valence-corrected chi connectivity index (χ1v) is 10.6. The number of esters is 1. The monoisotopic (exact) mass is 372 g/mol. The van der Waals surface area contributed by atoms with E-state index in [-0.39, 0.29) is 22.6 Å². The highest BCUT2D eigenvalue weighted by atomic mass is 16.6. The molecular formula is C23H32O4. The highest BCUT2D eigenvalue weighted by Gasteiger charge is 2.67. The fourth-order valence-corrected chi connectivity index (χ4v) is 7.54. The lowest BCUT2D eigenvalue weighted by Crippen LogP contribution is -2.58. The fourth-order valence-electron chi connectivity index (χ4n) is 7.54. The number of carbonyl (C=O) groups is 3. The van der Waals surface area contributed by atoms with Crippen molar-refractivity contribution in [2.75, 3.05) is 0 Å². The minimum Gasteiger partial charge on any atom is -0.451 e. The third-order valence-corrected chi connectivity index (χ3v) is 8.94. The first-order valence-electron chi connectivity index (χ1n) is 10.6. The molecule has 0 aromatic heterocycles. The average molecular weight is 373 g/mol. The molecule has 6 atom stereocenters. The van der Waals surface area contributed by atoms with E-state index >= 15 is 0 Å². The summed E-state index contributed by atoms with van der Waals surface area (Å²) in [5.74, 6) is 1.52. The molecule has 0 amide bonds. The topological polar surface area (TPSA) is 60.4 Å². The minimum atomic E-state index is -0.956. The van der Waals surface area contributed by atoms with Gasteiger partial charge >= 0.3 is 5.97 Å². The molecule has 0 spiro atoms. The Bertz CT molecular complexity index is 737. The third-order valence-electron chi connectivity index (χ3n) is 8.94. The van der Waals surface area contributed by atoms with Crippen LogP contribution in [0.4, 0.5) is 0 Å². The number of hydrogen-bond donors (Lipinski definition) is 0. The van der Waals surface area contributed by atoms with Gasteiger partial charge in [0.2, 0.25) is 0 Å². The molecule has 4 aliphatic carbocycles. The van der Waals surface area contributed by atoms with Crippen LogP contribution in [-0.4, -0.2) is 23.1 Å². The van der Waals surface area contributed by atoms with Crippen molar-refractivity contribution in [3.63, 3.8) is 0 Å². The number of ketones is 2. The Hall–Kier alpha value is -1.45. The molecule has 0 heterocycles. The molecule has 148 valence electrons. The van der Waals surface area contributed by atoms with Gasteiger partial charge in [0, 0.05) is 25.2 Å². The van der Waals surface area contributed by atoms with E-state index in [2.05, 4.69) is 19.9 Å². The molecule has 4 nitrogen and oxygen atoms in total.